The Hall–Kier alpha value is -1.37. The van der Waals surface area contributed by atoms with E-state index in [1.807, 2.05) is 13.0 Å². The third kappa shape index (κ3) is 0.981. The molecule has 0 aliphatic carbocycles. The number of fused-ring (bicyclic) bond motifs is 1. The van der Waals surface area contributed by atoms with Gasteiger partial charge in [-0.2, -0.15) is 0 Å². The summed E-state index contributed by atoms with van der Waals surface area (Å²) in [5.74, 6) is 0. The molecule has 2 rings (SSSR count). The van der Waals surface area contributed by atoms with Crippen LogP contribution >= 0.6 is 0 Å². The van der Waals surface area contributed by atoms with Gasteiger partial charge in [-0.1, -0.05) is 30.8 Å². The van der Waals surface area contributed by atoms with E-state index >= 15 is 0 Å². The summed E-state index contributed by atoms with van der Waals surface area (Å²) in [5.41, 5.74) is 4.70. The second kappa shape index (κ2) is 2.59. The largest absolute Gasteiger partial charge is 0.280 e. The maximum Gasteiger partial charge on any atom is 0.0677 e. The molecule has 1 aromatic carbocycles. The standard InChI is InChI=1S/C11H11N/c1-8(2)11-10-6-4-3-5-9(10)7-12-11/h3-6H,1,7H2,2H3. The lowest BCUT2D eigenvalue weighted by Crippen LogP contribution is -1.97. The van der Waals surface area contributed by atoms with Gasteiger partial charge in [0.05, 0.1) is 12.3 Å². The van der Waals surface area contributed by atoms with Crippen molar-refractivity contribution in [3.63, 3.8) is 0 Å². The summed E-state index contributed by atoms with van der Waals surface area (Å²) in [6.07, 6.45) is 0. The first-order valence-electron chi connectivity index (χ1n) is 4.07. The predicted molar refractivity (Wildman–Crippen MR) is 51.5 cm³/mol. The highest BCUT2D eigenvalue weighted by Gasteiger charge is 2.14. The molecule has 0 amide bonds. The SMILES string of the molecule is C=C(C)C1=NCc2ccccc21. The molecule has 0 spiro atoms. The molecular formula is C11H11N. The van der Waals surface area contributed by atoms with Crippen LogP contribution in [0.5, 0.6) is 0 Å². The number of hydrogen-bond donors (Lipinski definition) is 0. The number of allylic oxidation sites excluding steroid dienone is 1. The Labute approximate surface area is 72.5 Å². The zero-order chi connectivity index (χ0) is 8.55. The van der Waals surface area contributed by atoms with E-state index in [4.69, 9.17) is 0 Å². The zero-order valence-corrected chi connectivity index (χ0v) is 7.17. The lowest BCUT2D eigenvalue weighted by Gasteiger charge is -2.00. The van der Waals surface area contributed by atoms with Gasteiger partial charge in [0, 0.05) is 5.56 Å². The van der Waals surface area contributed by atoms with Gasteiger partial charge in [-0.3, -0.25) is 4.99 Å². The highest BCUT2D eigenvalue weighted by Crippen LogP contribution is 2.21. The van der Waals surface area contributed by atoms with Crippen molar-refractivity contribution in [1.82, 2.24) is 0 Å². The molecule has 0 aromatic heterocycles. The molecule has 1 nitrogen and oxygen atoms in total. The molecule has 1 aliphatic rings. The van der Waals surface area contributed by atoms with Gasteiger partial charge in [0.1, 0.15) is 0 Å². The van der Waals surface area contributed by atoms with Gasteiger partial charge in [-0.25, -0.2) is 0 Å². The molecule has 60 valence electrons. The van der Waals surface area contributed by atoms with Crippen LogP contribution in [0.15, 0.2) is 41.4 Å². The van der Waals surface area contributed by atoms with Crippen LogP contribution in [0.4, 0.5) is 0 Å². The van der Waals surface area contributed by atoms with Crippen LogP contribution in [0.2, 0.25) is 0 Å². The number of rotatable bonds is 1. The van der Waals surface area contributed by atoms with Crippen molar-refractivity contribution in [3.05, 3.63) is 47.5 Å². The van der Waals surface area contributed by atoms with E-state index in [0.29, 0.717) is 0 Å². The normalized spacial score (nSPS) is 13.9. The van der Waals surface area contributed by atoms with Crippen molar-refractivity contribution in [2.75, 3.05) is 0 Å². The van der Waals surface area contributed by atoms with E-state index < -0.39 is 0 Å². The second-order valence-electron chi connectivity index (χ2n) is 3.10. The van der Waals surface area contributed by atoms with Crippen molar-refractivity contribution in [3.8, 4) is 0 Å². The second-order valence-corrected chi connectivity index (χ2v) is 3.10. The number of benzene rings is 1. The summed E-state index contributed by atoms with van der Waals surface area (Å²) in [6.45, 7) is 6.72. The van der Waals surface area contributed by atoms with Crippen LogP contribution in [-0.2, 0) is 6.54 Å². The summed E-state index contributed by atoms with van der Waals surface area (Å²) in [7, 11) is 0. The maximum absolute atomic E-state index is 4.42. The monoisotopic (exact) mass is 157 g/mol. The summed E-state index contributed by atoms with van der Waals surface area (Å²) in [5, 5.41) is 0. The molecule has 0 N–H and O–H groups in total. The van der Waals surface area contributed by atoms with Crippen molar-refractivity contribution >= 4 is 5.71 Å². The number of aliphatic imine (C=N–C) groups is 1. The van der Waals surface area contributed by atoms with Gasteiger partial charge in [0.15, 0.2) is 0 Å². The van der Waals surface area contributed by atoms with Crippen LogP contribution < -0.4 is 0 Å². The summed E-state index contributed by atoms with van der Waals surface area (Å²) < 4.78 is 0. The smallest absolute Gasteiger partial charge is 0.0677 e. The lowest BCUT2D eigenvalue weighted by molar-refractivity contribution is 1.11. The van der Waals surface area contributed by atoms with Crippen molar-refractivity contribution in [2.45, 2.75) is 13.5 Å². The molecule has 1 aliphatic heterocycles. The molecule has 0 bridgehead atoms. The topological polar surface area (TPSA) is 12.4 Å². The predicted octanol–water partition coefficient (Wildman–Crippen LogP) is 2.57. The van der Waals surface area contributed by atoms with Crippen molar-refractivity contribution in [2.24, 2.45) is 4.99 Å². The first-order chi connectivity index (χ1) is 5.79. The highest BCUT2D eigenvalue weighted by molar-refractivity contribution is 6.14. The fourth-order valence-corrected chi connectivity index (χ4v) is 1.50. The molecule has 0 atom stereocenters. The summed E-state index contributed by atoms with van der Waals surface area (Å²) in [6, 6.07) is 8.32. The van der Waals surface area contributed by atoms with Crippen LogP contribution in [0, 0.1) is 0 Å². The quantitative estimate of drug-likeness (QED) is 0.594. The van der Waals surface area contributed by atoms with E-state index in [9.17, 15) is 0 Å². The Bertz CT molecular complexity index is 361. The van der Waals surface area contributed by atoms with Crippen LogP contribution in [0.3, 0.4) is 0 Å². The van der Waals surface area contributed by atoms with Crippen LogP contribution in [0.25, 0.3) is 0 Å². The number of nitrogens with zero attached hydrogens (tertiary/aromatic N) is 1. The maximum atomic E-state index is 4.42. The molecule has 1 aromatic rings. The molecule has 0 radical (unpaired) electrons. The van der Waals surface area contributed by atoms with E-state index in [-0.39, 0.29) is 0 Å². The van der Waals surface area contributed by atoms with Crippen molar-refractivity contribution < 1.29 is 0 Å². The minimum Gasteiger partial charge on any atom is -0.280 e. The molecule has 12 heavy (non-hydrogen) atoms. The van der Waals surface area contributed by atoms with Gasteiger partial charge in [-0.05, 0) is 18.1 Å². The van der Waals surface area contributed by atoms with Gasteiger partial charge in [0.25, 0.3) is 0 Å². The fourth-order valence-electron chi connectivity index (χ4n) is 1.50. The van der Waals surface area contributed by atoms with Crippen LogP contribution in [0.1, 0.15) is 18.1 Å². The Balaban J connectivity index is 2.52. The molecule has 1 heterocycles. The Morgan fingerprint density at radius 2 is 2.17 bits per heavy atom. The van der Waals surface area contributed by atoms with E-state index in [0.717, 1.165) is 17.8 Å². The average molecular weight is 157 g/mol. The minimum atomic E-state index is 0.818. The number of hydrogen-bond acceptors (Lipinski definition) is 1. The minimum absolute atomic E-state index is 0.818. The molecule has 0 fully saturated rings. The van der Waals surface area contributed by atoms with Gasteiger partial charge < -0.3 is 0 Å². The van der Waals surface area contributed by atoms with Gasteiger partial charge in [0.2, 0.25) is 0 Å². The molecule has 0 unspecified atom stereocenters. The fraction of sp³-hybridized carbons (Fsp3) is 0.182. The summed E-state index contributed by atoms with van der Waals surface area (Å²) >= 11 is 0. The third-order valence-corrected chi connectivity index (χ3v) is 2.08. The molecule has 0 saturated carbocycles. The molecular weight excluding hydrogens is 146 g/mol. The Kier molecular flexibility index (Phi) is 1.58. The first-order valence-corrected chi connectivity index (χ1v) is 4.07. The van der Waals surface area contributed by atoms with Crippen molar-refractivity contribution in [1.29, 1.82) is 0 Å². The van der Waals surface area contributed by atoms with Crippen LogP contribution in [-0.4, -0.2) is 5.71 Å². The third-order valence-electron chi connectivity index (χ3n) is 2.08. The van der Waals surface area contributed by atoms with E-state index in [2.05, 4.69) is 29.8 Å². The van der Waals surface area contributed by atoms with E-state index in [1.54, 1.807) is 0 Å². The summed E-state index contributed by atoms with van der Waals surface area (Å²) in [4.78, 5) is 4.42. The lowest BCUT2D eigenvalue weighted by atomic mass is 10.0. The Morgan fingerprint density at radius 3 is 2.92 bits per heavy atom. The van der Waals surface area contributed by atoms with Gasteiger partial charge in [-0.15, -0.1) is 0 Å². The zero-order valence-electron chi connectivity index (χ0n) is 7.17. The Morgan fingerprint density at radius 1 is 1.42 bits per heavy atom. The molecule has 1 heteroatoms. The highest BCUT2D eigenvalue weighted by atomic mass is 14.8. The van der Waals surface area contributed by atoms with E-state index in [1.165, 1.54) is 11.1 Å². The first kappa shape index (κ1) is 7.29. The molecule has 0 saturated heterocycles. The average Bonchev–Trinajstić information content (AvgIpc) is 2.47. The van der Waals surface area contributed by atoms with Gasteiger partial charge >= 0.3 is 0 Å².